The van der Waals surface area contributed by atoms with Gasteiger partial charge in [-0.25, -0.2) is 9.59 Å². The van der Waals surface area contributed by atoms with E-state index in [4.69, 9.17) is 23.7 Å². The van der Waals surface area contributed by atoms with Crippen molar-refractivity contribution < 1.29 is 42.9 Å². The van der Waals surface area contributed by atoms with E-state index < -0.39 is 36.5 Å². The van der Waals surface area contributed by atoms with Crippen molar-refractivity contribution in [2.45, 2.75) is 221 Å². The summed E-state index contributed by atoms with van der Waals surface area (Å²) in [6.45, 7) is 13.7. The second-order valence-electron chi connectivity index (χ2n) is 16.2. The smallest absolute Gasteiger partial charge is 0.465 e. The predicted molar refractivity (Wildman–Crippen MR) is 235 cm³/mol. The third-order valence-electron chi connectivity index (χ3n) is 10.7. The van der Waals surface area contributed by atoms with Gasteiger partial charge in [-0.3, -0.25) is 9.59 Å². The van der Waals surface area contributed by atoms with Crippen molar-refractivity contribution in [2.75, 3.05) is 52.6 Å². The molecule has 0 heterocycles. The van der Waals surface area contributed by atoms with Gasteiger partial charge in [-0.05, 0) is 51.6 Å². The van der Waals surface area contributed by atoms with Crippen LogP contribution >= 0.6 is 0 Å². The van der Waals surface area contributed by atoms with Gasteiger partial charge in [0.15, 0.2) is 0 Å². The lowest BCUT2D eigenvalue weighted by Gasteiger charge is -2.19. The van der Waals surface area contributed by atoms with Crippen LogP contribution in [-0.2, 0) is 33.3 Å². The molecule has 0 aliphatic rings. The first-order chi connectivity index (χ1) is 28.3. The number of carbonyl (C=O) groups excluding carboxylic acids is 4. The molecule has 0 aliphatic heterocycles. The average molecular weight is 827 g/mol. The highest BCUT2D eigenvalue weighted by Crippen LogP contribution is 2.18. The molecule has 0 aromatic heterocycles. The van der Waals surface area contributed by atoms with Gasteiger partial charge in [-0.15, -0.1) is 0 Å². The molecule has 342 valence electrons. The number of hydrogen-bond acceptors (Lipinski definition) is 10. The summed E-state index contributed by atoms with van der Waals surface area (Å²) in [5, 5.41) is 2.79. The summed E-state index contributed by atoms with van der Waals surface area (Å²) in [6.07, 6.45) is 28.9. The van der Waals surface area contributed by atoms with Crippen LogP contribution in [0.2, 0.25) is 0 Å². The normalized spacial score (nSPS) is 11.8. The van der Waals surface area contributed by atoms with Crippen molar-refractivity contribution in [1.82, 2.24) is 10.2 Å². The molecule has 0 radical (unpaired) electrons. The molecule has 1 atom stereocenters. The van der Waals surface area contributed by atoms with Gasteiger partial charge in [0.05, 0.1) is 12.5 Å². The van der Waals surface area contributed by atoms with E-state index >= 15 is 0 Å². The monoisotopic (exact) mass is 827 g/mol. The fourth-order valence-electron chi connectivity index (χ4n) is 6.93. The molecule has 11 nitrogen and oxygen atoms in total. The zero-order valence-electron chi connectivity index (χ0n) is 38.2. The fourth-order valence-corrected chi connectivity index (χ4v) is 6.93. The summed E-state index contributed by atoms with van der Waals surface area (Å²) in [7, 11) is 0. The first kappa shape index (κ1) is 55.4. The Morgan fingerprint density at radius 1 is 0.483 bits per heavy atom. The van der Waals surface area contributed by atoms with Gasteiger partial charge in [-0.1, -0.05) is 169 Å². The largest absolute Gasteiger partial charge is 0.508 e. The van der Waals surface area contributed by atoms with Gasteiger partial charge >= 0.3 is 24.2 Å². The number of carbonyl (C=O) groups is 4. The number of nitrogens with one attached hydrogen (secondary N) is 1. The fraction of sp³-hybridized carbons (Fsp3) is 0.915. The molecule has 0 rings (SSSR count). The Bertz CT molecular complexity index is 946. The third-order valence-corrected chi connectivity index (χ3v) is 10.7. The van der Waals surface area contributed by atoms with E-state index in [1.54, 1.807) is 0 Å². The Morgan fingerprint density at radius 2 is 0.931 bits per heavy atom. The first-order valence-electron chi connectivity index (χ1n) is 24.1. The summed E-state index contributed by atoms with van der Waals surface area (Å²) in [4.78, 5) is 52.7. The molecule has 1 amide bonds. The number of esters is 2. The Kier molecular flexibility index (Phi) is 40.7. The van der Waals surface area contributed by atoms with Crippen LogP contribution in [0.5, 0.6) is 0 Å². The minimum absolute atomic E-state index is 0.143. The molecular weight excluding hydrogens is 737 g/mol. The quantitative estimate of drug-likeness (QED) is 0.0275. The van der Waals surface area contributed by atoms with Gasteiger partial charge in [-0.2, -0.15) is 0 Å². The SMILES string of the molecule is CCCCCCCCCCCCCCNC(=O)OCC(COC(=O)CC(=O)OC(CCCCCCCC)CCCCCCCC)COC(=O)OCCCN(CC)CC. The van der Waals surface area contributed by atoms with Crippen LogP contribution in [0, 0.1) is 5.92 Å². The summed E-state index contributed by atoms with van der Waals surface area (Å²) < 4.78 is 27.2. The molecule has 0 aromatic carbocycles. The zero-order valence-corrected chi connectivity index (χ0v) is 38.2. The highest BCUT2D eigenvalue weighted by molar-refractivity contribution is 5.91. The predicted octanol–water partition coefficient (Wildman–Crippen LogP) is 12.3. The molecule has 0 saturated heterocycles. The lowest BCUT2D eigenvalue weighted by molar-refractivity contribution is -0.159. The number of nitrogens with zero attached hydrogens (tertiary/aromatic N) is 1. The number of rotatable bonds is 42. The van der Waals surface area contributed by atoms with Crippen molar-refractivity contribution >= 4 is 24.2 Å². The van der Waals surface area contributed by atoms with Gasteiger partial charge < -0.3 is 33.9 Å². The highest BCUT2D eigenvalue weighted by Gasteiger charge is 2.22. The van der Waals surface area contributed by atoms with Crippen LogP contribution in [0.3, 0.4) is 0 Å². The lowest BCUT2D eigenvalue weighted by atomic mass is 10.0. The Hall–Kier alpha value is -2.56. The molecule has 0 bridgehead atoms. The van der Waals surface area contributed by atoms with E-state index in [1.165, 1.54) is 109 Å². The van der Waals surface area contributed by atoms with E-state index in [0.717, 1.165) is 77.4 Å². The highest BCUT2D eigenvalue weighted by atomic mass is 16.7. The van der Waals surface area contributed by atoms with Crippen molar-refractivity contribution in [2.24, 2.45) is 5.92 Å². The standard InChI is InChI=1S/C47H90N2O9/c1-6-11-14-17-20-21-22-23-24-25-28-31-35-48-46(52)56-40-42(41-57-47(53)54-37-32-36-49(9-4)10-5)39-55-44(50)38-45(51)58-43(33-29-26-18-15-12-7-2)34-30-27-19-16-13-8-3/h42-43H,6-41H2,1-5H3,(H,48,52). The molecular formula is C47H90N2O9. The maximum absolute atomic E-state index is 12.9. The lowest BCUT2D eigenvalue weighted by Crippen LogP contribution is -2.31. The Balaban J connectivity index is 4.86. The molecule has 1 unspecified atom stereocenters. The Morgan fingerprint density at radius 3 is 1.43 bits per heavy atom. The zero-order chi connectivity index (χ0) is 42.7. The molecule has 0 spiro atoms. The van der Waals surface area contributed by atoms with Crippen LogP contribution in [0.25, 0.3) is 0 Å². The van der Waals surface area contributed by atoms with Crippen LogP contribution in [-0.4, -0.2) is 87.8 Å². The second-order valence-corrected chi connectivity index (χ2v) is 16.2. The van der Waals surface area contributed by atoms with E-state index in [2.05, 4.69) is 44.8 Å². The van der Waals surface area contributed by atoms with E-state index in [-0.39, 0.29) is 32.5 Å². The third kappa shape index (κ3) is 37.7. The summed E-state index contributed by atoms with van der Waals surface area (Å²) >= 11 is 0. The second kappa shape index (κ2) is 42.6. The summed E-state index contributed by atoms with van der Waals surface area (Å²) in [5.41, 5.74) is 0. The number of unbranched alkanes of at least 4 members (excludes halogenated alkanes) is 21. The molecule has 0 fully saturated rings. The molecule has 0 saturated carbocycles. The van der Waals surface area contributed by atoms with Gasteiger partial charge in [0.1, 0.15) is 32.3 Å². The molecule has 0 aliphatic carbocycles. The van der Waals surface area contributed by atoms with Crippen LogP contribution < -0.4 is 5.32 Å². The minimum atomic E-state index is -0.836. The first-order valence-corrected chi connectivity index (χ1v) is 24.1. The number of ether oxygens (including phenoxy) is 5. The van der Waals surface area contributed by atoms with E-state index in [0.29, 0.717) is 13.0 Å². The molecule has 1 N–H and O–H groups in total. The minimum Gasteiger partial charge on any atom is -0.465 e. The maximum Gasteiger partial charge on any atom is 0.508 e. The number of hydrogen-bond donors (Lipinski definition) is 1. The van der Waals surface area contributed by atoms with Crippen LogP contribution in [0.1, 0.15) is 214 Å². The summed E-state index contributed by atoms with van der Waals surface area (Å²) in [6, 6.07) is 0. The van der Waals surface area contributed by atoms with E-state index in [9.17, 15) is 19.2 Å². The van der Waals surface area contributed by atoms with Crippen molar-refractivity contribution in [3.8, 4) is 0 Å². The number of alkyl carbamates (subject to hydrolysis) is 1. The maximum atomic E-state index is 12.9. The topological polar surface area (TPSA) is 130 Å². The molecule has 58 heavy (non-hydrogen) atoms. The van der Waals surface area contributed by atoms with Gasteiger partial charge in [0.2, 0.25) is 0 Å². The van der Waals surface area contributed by atoms with E-state index in [1.807, 2.05) is 0 Å². The van der Waals surface area contributed by atoms with Gasteiger partial charge in [0.25, 0.3) is 0 Å². The average Bonchev–Trinajstić information content (AvgIpc) is 3.21. The van der Waals surface area contributed by atoms with Crippen molar-refractivity contribution in [3.63, 3.8) is 0 Å². The van der Waals surface area contributed by atoms with Gasteiger partial charge in [0, 0.05) is 13.1 Å². The van der Waals surface area contributed by atoms with Crippen LogP contribution in [0.4, 0.5) is 9.59 Å². The Labute approximate surface area is 355 Å². The van der Waals surface area contributed by atoms with Crippen molar-refractivity contribution in [1.29, 1.82) is 0 Å². The summed E-state index contributed by atoms with van der Waals surface area (Å²) in [5.74, 6) is -1.97. The van der Waals surface area contributed by atoms with Crippen molar-refractivity contribution in [3.05, 3.63) is 0 Å². The molecule has 11 heteroatoms. The van der Waals surface area contributed by atoms with Crippen LogP contribution in [0.15, 0.2) is 0 Å². The number of amides is 1. The molecule has 0 aromatic rings.